The number of piperidine rings is 1. The van der Waals surface area contributed by atoms with Crippen LogP contribution in [0.1, 0.15) is 93.2 Å². The molecule has 1 aliphatic carbocycles. The lowest BCUT2D eigenvalue weighted by molar-refractivity contribution is -0.384. The third kappa shape index (κ3) is 10.7. The number of nitrogens with one attached hydrogen (secondary N) is 3. The Bertz CT molecular complexity index is 3580. The van der Waals surface area contributed by atoms with E-state index in [0.29, 0.717) is 68.3 Å². The van der Waals surface area contributed by atoms with Gasteiger partial charge < -0.3 is 43.8 Å². The fourth-order valence-corrected chi connectivity index (χ4v) is 15.3. The summed E-state index contributed by atoms with van der Waals surface area (Å²) in [5, 5.41) is 16.7. The summed E-state index contributed by atoms with van der Waals surface area (Å²) in [6.07, 6.45) is 7.21. The number of nitro benzene ring substituents is 1. The number of piperazine rings is 1. The molecule has 3 N–H and O–H groups in total. The van der Waals surface area contributed by atoms with Gasteiger partial charge in [-0.2, -0.15) is 4.98 Å². The number of hydrogen-bond acceptors (Lipinski definition) is 16. The van der Waals surface area contributed by atoms with E-state index in [9.17, 15) is 32.1 Å². The van der Waals surface area contributed by atoms with Crippen LogP contribution < -0.4 is 34.0 Å². The van der Waals surface area contributed by atoms with Crippen LogP contribution in [0.2, 0.25) is 0 Å². The molecule has 13 rings (SSSR count). The van der Waals surface area contributed by atoms with E-state index in [4.69, 9.17) is 28.7 Å². The standard InChI is InChI=1S/C61H69F2N9O10S/c1-36(2)81-54-7-5-4-6-44(54)53-33-68(32-38-8-11-46(62)47(63)24-38)19-20-70(53)42-30-61(31-42)16-18-69(37(3)29-61)41-9-10-45(50(26-41)71-49-15-23-79-35-56(49)82-60-52(71)25-40-12-17-64-58(40)66-60)59(73)67-83(76,77)43-27-51(72(74)75)57-55(28-43)80-34-48(65-57)39-13-21-78-22-14-39/h4-12,17,24-28,36-37,39,42,48-49,53,56,65H,13-16,18-23,29-35H2,1-3H3,(H,64,66)(H,67,73)/t37-,42?,48-,49-,53+,56-,61?/m0/s1. The maximum atomic E-state index is 15.0. The number of ether oxygens (including phenoxy) is 5. The Morgan fingerprint density at radius 1 is 0.928 bits per heavy atom. The summed E-state index contributed by atoms with van der Waals surface area (Å²) < 4.78 is 90.1. The van der Waals surface area contributed by atoms with Crippen molar-refractivity contribution in [3.05, 3.63) is 130 Å². The van der Waals surface area contributed by atoms with Crippen molar-refractivity contribution in [2.45, 2.75) is 120 Å². The number of nitrogens with zero attached hydrogens (tertiary/aromatic N) is 6. The summed E-state index contributed by atoms with van der Waals surface area (Å²) in [4.78, 5) is 43.9. The van der Waals surface area contributed by atoms with E-state index in [0.717, 1.165) is 92.2 Å². The minimum absolute atomic E-state index is 0.00830. The lowest BCUT2D eigenvalue weighted by Crippen LogP contribution is -2.60. The minimum atomic E-state index is -4.74. The van der Waals surface area contributed by atoms with Crippen LogP contribution in [0.5, 0.6) is 17.4 Å². The van der Waals surface area contributed by atoms with Crippen LogP contribution in [0, 0.1) is 33.1 Å². The van der Waals surface area contributed by atoms with Crippen LogP contribution >= 0.6 is 0 Å². The monoisotopic (exact) mass is 1160 g/mol. The van der Waals surface area contributed by atoms with Crippen LogP contribution in [-0.2, 0) is 26.0 Å². The highest BCUT2D eigenvalue weighted by Crippen LogP contribution is 2.55. The number of H-pyrrole nitrogens is 1. The number of carbonyl (C=O) groups is 1. The molecule has 0 bridgehead atoms. The van der Waals surface area contributed by atoms with Gasteiger partial charge in [0, 0.05) is 99.6 Å². The summed E-state index contributed by atoms with van der Waals surface area (Å²) in [5.41, 5.74) is 4.14. The second-order valence-corrected chi connectivity index (χ2v) is 25.6. The molecule has 19 nitrogen and oxygen atoms in total. The fourth-order valence-electron chi connectivity index (χ4n) is 14.3. The Hall–Kier alpha value is -7.11. The number of rotatable bonds is 13. The summed E-state index contributed by atoms with van der Waals surface area (Å²) in [5.74, 6) is -1.28. The van der Waals surface area contributed by atoms with Crippen LogP contribution in [0.15, 0.2) is 96.0 Å². The van der Waals surface area contributed by atoms with Crippen LogP contribution in [0.4, 0.5) is 37.2 Å². The fraction of sp³-hybridized carbons (Fsp3) is 0.475. The molecular weight excluding hydrogens is 1090 g/mol. The maximum absolute atomic E-state index is 15.0. The molecule has 4 saturated heterocycles. The molecule has 5 atom stereocenters. The van der Waals surface area contributed by atoms with Gasteiger partial charge in [0.05, 0.1) is 51.9 Å². The van der Waals surface area contributed by atoms with Crippen LogP contribution in [-0.4, -0.2) is 135 Å². The third-order valence-electron chi connectivity index (χ3n) is 18.3. The predicted octanol–water partition coefficient (Wildman–Crippen LogP) is 9.64. The predicted molar refractivity (Wildman–Crippen MR) is 307 cm³/mol. The first-order valence-electron chi connectivity index (χ1n) is 29.0. The topological polar surface area (TPSA) is 206 Å². The number of aromatic nitrogens is 2. The number of sulfonamides is 1. The molecule has 7 aliphatic rings. The number of amides is 1. The third-order valence-corrected chi connectivity index (χ3v) is 19.6. The van der Waals surface area contributed by atoms with E-state index in [1.807, 2.05) is 50.2 Å². The lowest BCUT2D eigenvalue weighted by Gasteiger charge is -2.59. The van der Waals surface area contributed by atoms with Gasteiger partial charge in [-0.1, -0.05) is 24.3 Å². The molecule has 5 fully saturated rings. The van der Waals surface area contributed by atoms with Gasteiger partial charge in [-0.3, -0.25) is 24.7 Å². The van der Waals surface area contributed by atoms with Crippen molar-refractivity contribution >= 4 is 55.4 Å². The Kier molecular flexibility index (Phi) is 14.7. The molecule has 1 saturated carbocycles. The first-order valence-corrected chi connectivity index (χ1v) is 30.5. The SMILES string of the molecule is CC(C)Oc1ccccc1[C@H]1CN(Cc2ccc(F)c(F)c2)CCN1C1CC2(CCN(c3ccc(C(=O)NS(=O)(=O)c4cc5c(c([N+](=O)[O-])c4)N[C@H](C4CCOCC4)CO5)c(N4c5cc6cc[nH]c6nc5O[C@H]5COCC[C@@H]54)c3)[C@@H](C)C2)C1. The molecule has 2 aromatic heterocycles. The summed E-state index contributed by atoms with van der Waals surface area (Å²) in [7, 11) is -4.74. The van der Waals surface area contributed by atoms with E-state index >= 15 is 0 Å². The number of aromatic amines is 1. The van der Waals surface area contributed by atoms with E-state index in [2.05, 4.69) is 53.7 Å². The van der Waals surface area contributed by atoms with Crippen molar-refractivity contribution < 1.29 is 50.6 Å². The highest BCUT2D eigenvalue weighted by atomic mass is 32.2. The number of hydrogen-bond donors (Lipinski definition) is 3. The van der Waals surface area contributed by atoms with Gasteiger partial charge in [-0.15, -0.1) is 0 Å². The van der Waals surface area contributed by atoms with Crippen LogP contribution in [0.25, 0.3) is 11.0 Å². The van der Waals surface area contributed by atoms with Crippen molar-refractivity contribution in [3.8, 4) is 17.4 Å². The molecule has 1 spiro atoms. The zero-order chi connectivity index (χ0) is 57.3. The molecular formula is C61H69F2N9O10S. The van der Waals surface area contributed by atoms with Gasteiger partial charge in [-0.05, 0) is 131 Å². The quantitative estimate of drug-likeness (QED) is 0.0727. The Balaban J connectivity index is 0.785. The smallest absolute Gasteiger partial charge is 0.297 e. The average molecular weight is 1160 g/mol. The molecule has 22 heteroatoms. The number of halogens is 2. The van der Waals surface area contributed by atoms with E-state index in [-0.39, 0.29) is 71.8 Å². The number of benzene rings is 4. The van der Waals surface area contributed by atoms with Gasteiger partial charge in [-0.25, -0.2) is 21.9 Å². The molecule has 6 aromatic rings. The maximum Gasteiger partial charge on any atom is 0.297 e. The molecule has 6 aliphatic heterocycles. The number of carbonyl (C=O) groups excluding carboxylic acids is 1. The second-order valence-electron chi connectivity index (χ2n) is 23.9. The largest absolute Gasteiger partial charge is 0.491 e. The average Bonchev–Trinajstić information content (AvgIpc) is 4.16. The first-order chi connectivity index (χ1) is 40.1. The number of fused-ring (bicyclic) bond motifs is 4. The molecule has 0 unspecified atom stereocenters. The summed E-state index contributed by atoms with van der Waals surface area (Å²) >= 11 is 0. The number of nitro groups is 1. The Morgan fingerprint density at radius 2 is 1.75 bits per heavy atom. The highest BCUT2D eigenvalue weighted by Gasteiger charge is 2.52. The second kappa shape index (κ2) is 22.1. The number of para-hydroxylation sites is 1. The molecule has 83 heavy (non-hydrogen) atoms. The first kappa shape index (κ1) is 55.1. The van der Waals surface area contributed by atoms with Gasteiger partial charge in [0.2, 0.25) is 5.88 Å². The van der Waals surface area contributed by atoms with Crippen molar-refractivity contribution in [3.63, 3.8) is 0 Å². The van der Waals surface area contributed by atoms with Crippen molar-refractivity contribution in [2.24, 2.45) is 11.3 Å². The normalized spacial score (nSPS) is 25.8. The zero-order valence-corrected chi connectivity index (χ0v) is 47.5. The van der Waals surface area contributed by atoms with Crippen molar-refractivity contribution in [2.75, 3.05) is 74.3 Å². The zero-order valence-electron chi connectivity index (χ0n) is 46.7. The number of anilines is 4. The van der Waals surface area contributed by atoms with Gasteiger partial charge in [0.25, 0.3) is 21.6 Å². The molecule has 1 amide bonds. The summed E-state index contributed by atoms with van der Waals surface area (Å²) in [6, 6.07) is 23.8. The van der Waals surface area contributed by atoms with Crippen LogP contribution in [0.3, 0.4) is 0 Å². The van der Waals surface area contributed by atoms with Gasteiger partial charge >= 0.3 is 0 Å². The Labute approximate surface area is 480 Å². The van der Waals surface area contributed by atoms with Gasteiger partial charge in [0.1, 0.15) is 29.8 Å². The number of pyridine rings is 1. The van der Waals surface area contributed by atoms with E-state index in [1.165, 1.54) is 18.2 Å². The van der Waals surface area contributed by atoms with E-state index < -0.39 is 49.2 Å². The molecule has 438 valence electrons. The molecule has 4 aromatic carbocycles. The molecule has 0 radical (unpaired) electrons. The van der Waals surface area contributed by atoms with Crippen molar-refractivity contribution in [1.29, 1.82) is 0 Å². The van der Waals surface area contributed by atoms with Gasteiger partial charge in [0.15, 0.2) is 23.1 Å². The minimum Gasteiger partial charge on any atom is -0.491 e. The van der Waals surface area contributed by atoms with E-state index in [1.54, 1.807) is 18.3 Å². The lowest BCUT2D eigenvalue weighted by atomic mass is 9.58. The highest BCUT2D eigenvalue weighted by molar-refractivity contribution is 7.90. The van der Waals surface area contributed by atoms with Crippen molar-refractivity contribution in [1.82, 2.24) is 24.5 Å². The summed E-state index contributed by atoms with van der Waals surface area (Å²) in [6.45, 7) is 11.8. The Morgan fingerprint density at radius 3 is 2.54 bits per heavy atom. The molecule has 8 heterocycles.